The Labute approximate surface area is 149 Å². The second-order valence-corrected chi connectivity index (χ2v) is 7.39. The summed E-state index contributed by atoms with van der Waals surface area (Å²) in [6, 6.07) is 2.75. The minimum absolute atomic E-state index is 0.0638. The number of rotatable bonds is 5. The van der Waals surface area contributed by atoms with Gasteiger partial charge in [0.2, 0.25) is 5.91 Å². The van der Waals surface area contributed by atoms with Crippen LogP contribution in [0.5, 0.6) is 0 Å². The number of piperidine rings is 1. The topological polar surface area (TPSA) is 78.1 Å². The predicted molar refractivity (Wildman–Crippen MR) is 93.4 cm³/mol. The smallest absolute Gasteiger partial charge is 0.237 e. The lowest BCUT2D eigenvalue weighted by Gasteiger charge is -2.41. The first kappa shape index (κ1) is 17.9. The zero-order valence-corrected chi connectivity index (χ0v) is 15.1. The molecule has 1 aliphatic heterocycles. The summed E-state index contributed by atoms with van der Waals surface area (Å²) in [5.41, 5.74) is -0.605. The van der Waals surface area contributed by atoms with Crippen LogP contribution in [0.25, 0.3) is 0 Å². The SMILES string of the molecule is CN(C(=O)CN1CCCCC1Cn1cncn1)C1(C#N)CCCCC1. The van der Waals surface area contributed by atoms with Crippen molar-refractivity contribution in [1.29, 1.82) is 5.26 Å². The fourth-order valence-electron chi connectivity index (χ4n) is 4.20. The molecule has 1 unspecified atom stereocenters. The highest BCUT2D eigenvalue weighted by Gasteiger charge is 2.39. The standard InChI is InChI=1S/C18H28N6O/c1-22(18(13-19)8-4-2-5-9-18)17(25)12-23-10-6-3-7-16(23)11-24-15-20-14-21-24/h14-16H,2-12H2,1H3. The fourth-order valence-corrected chi connectivity index (χ4v) is 4.20. The summed E-state index contributed by atoms with van der Waals surface area (Å²) in [5, 5.41) is 13.9. The molecule has 136 valence electrons. The van der Waals surface area contributed by atoms with Crippen molar-refractivity contribution in [2.24, 2.45) is 0 Å². The lowest BCUT2D eigenvalue weighted by Crippen LogP contribution is -2.54. The minimum Gasteiger partial charge on any atom is -0.326 e. The summed E-state index contributed by atoms with van der Waals surface area (Å²) in [7, 11) is 1.81. The molecule has 1 atom stereocenters. The lowest BCUT2D eigenvalue weighted by molar-refractivity contribution is -0.137. The van der Waals surface area contributed by atoms with Crippen molar-refractivity contribution in [2.45, 2.75) is 69.5 Å². The van der Waals surface area contributed by atoms with Gasteiger partial charge in [-0.15, -0.1) is 0 Å². The number of hydrogen-bond donors (Lipinski definition) is 0. The fraction of sp³-hybridized carbons (Fsp3) is 0.778. The van der Waals surface area contributed by atoms with E-state index in [0.717, 1.165) is 58.0 Å². The second kappa shape index (κ2) is 7.96. The van der Waals surface area contributed by atoms with Crippen LogP contribution in [-0.4, -0.2) is 62.2 Å². The molecule has 2 aliphatic rings. The van der Waals surface area contributed by atoms with Crippen LogP contribution in [0.1, 0.15) is 51.4 Å². The molecule has 1 amide bonds. The van der Waals surface area contributed by atoms with Crippen molar-refractivity contribution in [1.82, 2.24) is 24.6 Å². The lowest BCUT2D eigenvalue weighted by atomic mass is 9.81. The molecule has 2 heterocycles. The van der Waals surface area contributed by atoms with Crippen molar-refractivity contribution in [3.8, 4) is 6.07 Å². The number of aromatic nitrogens is 3. The Bertz CT molecular complexity index is 602. The van der Waals surface area contributed by atoms with E-state index in [1.165, 1.54) is 6.42 Å². The number of amides is 1. The third-order valence-electron chi connectivity index (χ3n) is 5.86. The Morgan fingerprint density at radius 2 is 2.12 bits per heavy atom. The van der Waals surface area contributed by atoms with Gasteiger partial charge >= 0.3 is 0 Å². The maximum atomic E-state index is 12.9. The van der Waals surface area contributed by atoms with Gasteiger partial charge in [-0.3, -0.25) is 14.4 Å². The number of nitriles is 1. The maximum absolute atomic E-state index is 12.9. The number of likely N-dealkylation sites (N-methyl/N-ethyl adjacent to an activating group) is 1. The Kier molecular flexibility index (Phi) is 5.69. The molecule has 0 bridgehead atoms. The van der Waals surface area contributed by atoms with Crippen molar-refractivity contribution in [3.05, 3.63) is 12.7 Å². The highest BCUT2D eigenvalue weighted by molar-refractivity contribution is 5.79. The third-order valence-corrected chi connectivity index (χ3v) is 5.86. The molecule has 25 heavy (non-hydrogen) atoms. The molecule has 2 fully saturated rings. The summed E-state index contributed by atoms with van der Waals surface area (Å²) in [4.78, 5) is 20.9. The minimum atomic E-state index is -0.605. The molecule has 1 aromatic rings. The normalized spacial score (nSPS) is 23.8. The van der Waals surface area contributed by atoms with Gasteiger partial charge in [-0.1, -0.05) is 25.7 Å². The van der Waals surface area contributed by atoms with E-state index in [9.17, 15) is 10.1 Å². The van der Waals surface area contributed by atoms with Gasteiger partial charge in [-0.05, 0) is 32.2 Å². The van der Waals surface area contributed by atoms with Gasteiger partial charge < -0.3 is 4.90 Å². The first-order chi connectivity index (χ1) is 12.1. The number of carbonyl (C=O) groups excluding carboxylic acids is 1. The Hall–Kier alpha value is -1.94. The van der Waals surface area contributed by atoms with Crippen LogP contribution in [0.4, 0.5) is 0 Å². The molecular formula is C18H28N6O. The molecule has 0 N–H and O–H groups in total. The van der Waals surface area contributed by atoms with Gasteiger partial charge in [0, 0.05) is 13.1 Å². The largest absolute Gasteiger partial charge is 0.326 e. The summed E-state index contributed by atoms with van der Waals surface area (Å²) in [6.45, 7) is 2.08. The van der Waals surface area contributed by atoms with Gasteiger partial charge in [0.25, 0.3) is 0 Å². The molecule has 1 saturated heterocycles. The Balaban J connectivity index is 1.64. The van der Waals surface area contributed by atoms with Crippen LogP contribution >= 0.6 is 0 Å². The van der Waals surface area contributed by atoms with Gasteiger partial charge in [0.1, 0.15) is 18.2 Å². The van der Waals surface area contributed by atoms with Crippen LogP contribution in [0, 0.1) is 11.3 Å². The van der Waals surface area contributed by atoms with Gasteiger partial charge in [0.05, 0.1) is 19.2 Å². The van der Waals surface area contributed by atoms with Crippen LogP contribution in [-0.2, 0) is 11.3 Å². The van der Waals surface area contributed by atoms with Gasteiger partial charge in [-0.2, -0.15) is 10.4 Å². The number of hydrogen-bond acceptors (Lipinski definition) is 5. The zero-order valence-electron chi connectivity index (χ0n) is 15.1. The van der Waals surface area contributed by atoms with Crippen molar-refractivity contribution in [2.75, 3.05) is 20.1 Å². The van der Waals surface area contributed by atoms with Crippen LogP contribution in [0.15, 0.2) is 12.7 Å². The summed E-state index contributed by atoms with van der Waals surface area (Å²) in [6.07, 6.45) is 11.5. The predicted octanol–water partition coefficient (Wildman–Crippen LogP) is 1.82. The van der Waals surface area contributed by atoms with E-state index in [2.05, 4.69) is 21.1 Å². The van der Waals surface area contributed by atoms with Crippen LogP contribution in [0.2, 0.25) is 0 Å². The summed E-state index contributed by atoms with van der Waals surface area (Å²) < 4.78 is 1.84. The highest BCUT2D eigenvalue weighted by Crippen LogP contribution is 2.32. The molecule has 1 aromatic heterocycles. The molecular weight excluding hydrogens is 316 g/mol. The molecule has 7 nitrogen and oxygen atoms in total. The zero-order chi connectivity index (χ0) is 17.7. The van der Waals surface area contributed by atoms with E-state index in [1.54, 1.807) is 17.6 Å². The van der Waals surface area contributed by atoms with E-state index in [0.29, 0.717) is 12.6 Å². The monoisotopic (exact) mass is 344 g/mol. The average molecular weight is 344 g/mol. The van der Waals surface area contributed by atoms with E-state index >= 15 is 0 Å². The first-order valence-electron chi connectivity index (χ1n) is 9.39. The van der Waals surface area contributed by atoms with Crippen molar-refractivity contribution < 1.29 is 4.79 Å². The molecule has 7 heteroatoms. The van der Waals surface area contributed by atoms with Crippen LogP contribution in [0.3, 0.4) is 0 Å². The number of nitrogens with zero attached hydrogens (tertiary/aromatic N) is 6. The van der Waals surface area contributed by atoms with Crippen molar-refractivity contribution >= 4 is 5.91 Å². The molecule has 0 aromatic carbocycles. The first-order valence-corrected chi connectivity index (χ1v) is 9.39. The van der Waals surface area contributed by atoms with Gasteiger partial charge in [-0.25, -0.2) is 4.98 Å². The molecule has 3 rings (SSSR count). The Morgan fingerprint density at radius 3 is 2.80 bits per heavy atom. The Morgan fingerprint density at radius 1 is 1.32 bits per heavy atom. The molecule has 0 spiro atoms. The average Bonchev–Trinajstić information content (AvgIpc) is 3.16. The molecule has 0 radical (unpaired) electrons. The molecule has 1 aliphatic carbocycles. The summed E-state index contributed by atoms with van der Waals surface area (Å²) >= 11 is 0. The van der Waals surface area contributed by atoms with E-state index in [-0.39, 0.29) is 5.91 Å². The molecule has 1 saturated carbocycles. The quantitative estimate of drug-likeness (QED) is 0.814. The van der Waals surface area contributed by atoms with Crippen molar-refractivity contribution in [3.63, 3.8) is 0 Å². The number of carbonyl (C=O) groups is 1. The highest BCUT2D eigenvalue weighted by atomic mass is 16.2. The van der Waals surface area contributed by atoms with Gasteiger partial charge in [0.15, 0.2) is 0 Å². The summed E-state index contributed by atoms with van der Waals surface area (Å²) in [5.74, 6) is 0.0638. The third kappa shape index (κ3) is 4.01. The number of likely N-dealkylation sites (tertiary alicyclic amines) is 1. The van der Waals surface area contributed by atoms with E-state index < -0.39 is 5.54 Å². The van der Waals surface area contributed by atoms with Crippen LogP contribution < -0.4 is 0 Å². The maximum Gasteiger partial charge on any atom is 0.237 e. The van der Waals surface area contributed by atoms with E-state index in [1.807, 2.05) is 11.7 Å². The second-order valence-electron chi connectivity index (χ2n) is 7.39. The van der Waals surface area contributed by atoms with E-state index in [4.69, 9.17) is 0 Å².